The molecule has 3 aromatic rings. The van der Waals surface area contributed by atoms with E-state index in [-0.39, 0.29) is 5.75 Å². The maximum atomic E-state index is 12.4. The summed E-state index contributed by atoms with van der Waals surface area (Å²) in [5, 5.41) is -0.567. The summed E-state index contributed by atoms with van der Waals surface area (Å²) < 4.78 is 26.6. The zero-order chi connectivity index (χ0) is 15.2. The second kappa shape index (κ2) is 4.91. The standard InChI is InChI=1S/C16H15N3O2S/c20-22(21)11-5-9-14(22)19-15(12-6-2-1-3-7-12)18-13-8-4-10-17-16(13)19/h1-4,6-8,10,14H,5,9,11H2. The van der Waals surface area contributed by atoms with Crippen LogP contribution in [0, 0.1) is 0 Å². The molecule has 2 aromatic heterocycles. The van der Waals surface area contributed by atoms with E-state index in [0.29, 0.717) is 24.3 Å². The first-order valence-electron chi connectivity index (χ1n) is 7.27. The van der Waals surface area contributed by atoms with Gasteiger partial charge in [-0.3, -0.25) is 4.57 Å². The number of hydrogen-bond acceptors (Lipinski definition) is 4. The van der Waals surface area contributed by atoms with E-state index in [1.165, 1.54) is 0 Å². The molecular weight excluding hydrogens is 298 g/mol. The van der Waals surface area contributed by atoms with E-state index in [1.807, 2.05) is 42.5 Å². The molecule has 1 aliphatic heterocycles. The van der Waals surface area contributed by atoms with Crippen LogP contribution in [0.1, 0.15) is 18.2 Å². The van der Waals surface area contributed by atoms with Crippen LogP contribution in [0.25, 0.3) is 22.6 Å². The Balaban J connectivity index is 2.03. The molecule has 1 unspecified atom stereocenters. The molecule has 6 heteroatoms. The number of benzene rings is 1. The van der Waals surface area contributed by atoms with Crippen molar-refractivity contribution < 1.29 is 8.42 Å². The number of imidazole rings is 1. The summed E-state index contributed by atoms with van der Waals surface area (Å²) in [4.78, 5) is 9.00. The molecule has 1 saturated heterocycles. The van der Waals surface area contributed by atoms with Crippen LogP contribution in [0.2, 0.25) is 0 Å². The van der Waals surface area contributed by atoms with Crippen molar-refractivity contribution in [1.82, 2.24) is 14.5 Å². The highest BCUT2D eigenvalue weighted by Crippen LogP contribution is 2.36. The summed E-state index contributed by atoms with van der Waals surface area (Å²) in [5.41, 5.74) is 2.27. The molecule has 1 aromatic carbocycles. The topological polar surface area (TPSA) is 64.8 Å². The van der Waals surface area contributed by atoms with Gasteiger partial charge in [-0.05, 0) is 25.0 Å². The van der Waals surface area contributed by atoms with Gasteiger partial charge in [0.1, 0.15) is 16.7 Å². The Morgan fingerprint density at radius 3 is 2.64 bits per heavy atom. The summed E-state index contributed by atoms with van der Waals surface area (Å²) in [6.07, 6.45) is 2.98. The van der Waals surface area contributed by atoms with Crippen LogP contribution in [-0.2, 0) is 9.84 Å². The number of pyridine rings is 1. The van der Waals surface area contributed by atoms with Gasteiger partial charge in [0, 0.05) is 11.8 Å². The number of hydrogen-bond donors (Lipinski definition) is 0. The quantitative estimate of drug-likeness (QED) is 0.730. The van der Waals surface area contributed by atoms with Gasteiger partial charge in [0.15, 0.2) is 15.5 Å². The number of fused-ring (bicyclic) bond motifs is 1. The lowest BCUT2D eigenvalue weighted by atomic mass is 10.2. The molecule has 1 fully saturated rings. The van der Waals surface area contributed by atoms with Crippen molar-refractivity contribution >= 4 is 21.0 Å². The summed E-state index contributed by atoms with van der Waals surface area (Å²) in [7, 11) is -3.15. The van der Waals surface area contributed by atoms with Crippen molar-refractivity contribution in [2.75, 3.05) is 5.75 Å². The van der Waals surface area contributed by atoms with Gasteiger partial charge in [-0.25, -0.2) is 18.4 Å². The van der Waals surface area contributed by atoms with E-state index < -0.39 is 15.2 Å². The van der Waals surface area contributed by atoms with Crippen LogP contribution in [0.3, 0.4) is 0 Å². The van der Waals surface area contributed by atoms with E-state index in [2.05, 4.69) is 9.97 Å². The average molecular weight is 313 g/mol. The number of aromatic nitrogens is 3. The highest BCUT2D eigenvalue weighted by atomic mass is 32.2. The SMILES string of the molecule is O=S1(=O)CCCC1n1c(-c2ccccc2)nc2cccnc21. The van der Waals surface area contributed by atoms with Crippen molar-refractivity contribution in [1.29, 1.82) is 0 Å². The molecule has 22 heavy (non-hydrogen) atoms. The van der Waals surface area contributed by atoms with E-state index in [1.54, 1.807) is 10.8 Å². The molecule has 0 N–H and O–H groups in total. The molecule has 0 amide bonds. The Bertz CT molecular complexity index is 932. The molecule has 3 heterocycles. The Morgan fingerprint density at radius 1 is 1.09 bits per heavy atom. The summed E-state index contributed by atoms with van der Waals surface area (Å²) >= 11 is 0. The highest BCUT2D eigenvalue weighted by molar-refractivity contribution is 7.91. The lowest BCUT2D eigenvalue weighted by Crippen LogP contribution is -2.16. The zero-order valence-electron chi connectivity index (χ0n) is 11.9. The minimum atomic E-state index is -3.15. The smallest absolute Gasteiger partial charge is 0.171 e. The third kappa shape index (κ3) is 2.02. The van der Waals surface area contributed by atoms with Crippen LogP contribution in [0.15, 0.2) is 48.7 Å². The largest absolute Gasteiger partial charge is 0.291 e. The molecule has 0 bridgehead atoms. The zero-order valence-corrected chi connectivity index (χ0v) is 12.7. The van der Waals surface area contributed by atoms with Gasteiger partial charge in [0.05, 0.1) is 5.75 Å². The first-order chi connectivity index (χ1) is 10.7. The fraction of sp³-hybridized carbons (Fsp3) is 0.250. The lowest BCUT2D eigenvalue weighted by Gasteiger charge is -2.15. The first kappa shape index (κ1) is 13.5. The third-order valence-electron chi connectivity index (χ3n) is 4.06. The predicted molar refractivity (Wildman–Crippen MR) is 85.0 cm³/mol. The average Bonchev–Trinajstić information content (AvgIpc) is 3.07. The second-order valence-corrected chi connectivity index (χ2v) is 7.76. The fourth-order valence-corrected chi connectivity index (χ4v) is 4.95. The van der Waals surface area contributed by atoms with Crippen molar-refractivity contribution in [3.63, 3.8) is 0 Å². The molecule has 1 aliphatic rings. The Morgan fingerprint density at radius 2 is 1.91 bits per heavy atom. The molecule has 1 atom stereocenters. The number of nitrogens with zero attached hydrogens (tertiary/aromatic N) is 3. The number of rotatable bonds is 2. The van der Waals surface area contributed by atoms with Gasteiger partial charge in [-0.2, -0.15) is 0 Å². The Kier molecular flexibility index (Phi) is 3.00. The van der Waals surface area contributed by atoms with Crippen LogP contribution in [0.4, 0.5) is 0 Å². The van der Waals surface area contributed by atoms with Crippen LogP contribution in [0.5, 0.6) is 0 Å². The molecule has 0 saturated carbocycles. The van der Waals surface area contributed by atoms with E-state index in [4.69, 9.17) is 0 Å². The molecule has 5 nitrogen and oxygen atoms in total. The Hall–Kier alpha value is -2.21. The maximum absolute atomic E-state index is 12.4. The van der Waals surface area contributed by atoms with E-state index in [9.17, 15) is 8.42 Å². The second-order valence-electron chi connectivity index (χ2n) is 5.48. The summed E-state index contributed by atoms with van der Waals surface area (Å²) in [5.74, 6) is 0.906. The Labute approximate surface area is 128 Å². The van der Waals surface area contributed by atoms with Crippen LogP contribution < -0.4 is 0 Å². The first-order valence-corrected chi connectivity index (χ1v) is 8.98. The number of sulfone groups is 1. The monoisotopic (exact) mass is 313 g/mol. The van der Waals surface area contributed by atoms with Crippen LogP contribution >= 0.6 is 0 Å². The van der Waals surface area contributed by atoms with Crippen LogP contribution in [-0.4, -0.2) is 28.7 Å². The minimum Gasteiger partial charge on any atom is -0.291 e. The van der Waals surface area contributed by atoms with Crippen molar-refractivity contribution in [3.8, 4) is 11.4 Å². The lowest BCUT2D eigenvalue weighted by molar-refractivity contribution is 0.563. The molecule has 4 rings (SSSR count). The van der Waals surface area contributed by atoms with Gasteiger partial charge < -0.3 is 0 Å². The third-order valence-corrected chi connectivity index (χ3v) is 6.20. The maximum Gasteiger partial charge on any atom is 0.171 e. The molecule has 0 spiro atoms. The molecular formula is C16H15N3O2S. The fourth-order valence-electron chi connectivity index (χ4n) is 3.06. The predicted octanol–water partition coefficient (Wildman–Crippen LogP) is 2.81. The highest BCUT2D eigenvalue weighted by Gasteiger charge is 2.35. The molecule has 0 radical (unpaired) electrons. The summed E-state index contributed by atoms with van der Waals surface area (Å²) in [6.45, 7) is 0. The van der Waals surface area contributed by atoms with Gasteiger partial charge in [-0.15, -0.1) is 0 Å². The molecule has 112 valence electrons. The molecule has 0 aliphatic carbocycles. The van der Waals surface area contributed by atoms with Gasteiger partial charge in [0.25, 0.3) is 0 Å². The van der Waals surface area contributed by atoms with Gasteiger partial charge in [-0.1, -0.05) is 30.3 Å². The van der Waals surface area contributed by atoms with Gasteiger partial charge in [0.2, 0.25) is 0 Å². The van der Waals surface area contributed by atoms with E-state index in [0.717, 1.165) is 11.1 Å². The van der Waals surface area contributed by atoms with Gasteiger partial charge >= 0.3 is 0 Å². The summed E-state index contributed by atoms with van der Waals surface area (Å²) in [6, 6.07) is 13.4. The van der Waals surface area contributed by atoms with Crippen molar-refractivity contribution in [2.45, 2.75) is 18.2 Å². The van der Waals surface area contributed by atoms with E-state index >= 15 is 0 Å². The van der Waals surface area contributed by atoms with Crippen molar-refractivity contribution in [2.24, 2.45) is 0 Å². The van der Waals surface area contributed by atoms with Crippen molar-refractivity contribution in [3.05, 3.63) is 48.7 Å². The minimum absolute atomic E-state index is 0.235. The normalized spacial score (nSPS) is 20.5.